The molecule has 0 heterocycles. The summed E-state index contributed by atoms with van der Waals surface area (Å²) >= 11 is 11.9. The zero-order valence-corrected chi connectivity index (χ0v) is 14.5. The van der Waals surface area contributed by atoms with Gasteiger partial charge >= 0.3 is 0 Å². The fourth-order valence-electron chi connectivity index (χ4n) is 1.88. The van der Waals surface area contributed by atoms with E-state index in [0.717, 1.165) is 11.8 Å². The van der Waals surface area contributed by atoms with E-state index in [0.29, 0.717) is 21.3 Å². The maximum absolute atomic E-state index is 12.2. The Bertz CT molecular complexity index is 838. The van der Waals surface area contributed by atoms with Gasteiger partial charge in [-0.25, -0.2) is 8.42 Å². The minimum absolute atomic E-state index is 0.235. The van der Waals surface area contributed by atoms with Crippen molar-refractivity contribution < 1.29 is 13.2 Å². The van der Waals surface area contributed by atoms with Gasteiger partial charge in [-0.05, 0) is 35.9 Å². The monoisotopic (exact) mass is 372 g/mol. The minimum Gasteiger partial charge on any atom is -0.348 e. The Morgan fingerprint density at radius 1 is 1.13 bits per heavy atom. The summed E-state index contributed by atoms with van der Waals surface area (Å²) in [5.41, 5.74) is 1.39. The Labute approximate surface area is 144 Å². The molecule has 0 aliphatic carbocycles. The van der Waals surface area contributed by atoms with Gasteiger partial charge in [0.1, 0.15) is 0 Å². The normalized spacial score (nSPS) is 11.1. The smallest absolute Gasteiger partial charge is 0.251 e. The van der Waals surface area contributed by atoms with Crippen molar-refractivity contribution in [3.8, 4) is 0 Å². The number of carbonyl (C=O) groups excluding carboxylic acids is 1. The molecule has 0 aliphatic heterocycles. The van der Waals surface area contributed by atoms with Crippen molar-refractivity contribution in [1.29, 1.82) is 0 Å². The summed E-state index contributed by atoms with van der Waals surface area (Å²) in [6.45, 7) is 0.235. The largest absolute Gasteiger partial charge is 0.348 e. The number of hydrogen-bond donors (Lipinski definition) is 2. The molecule has 0 bridgehead atoms. The molecule has 5 nitrogen and oxygen atoms in total. The fraction of sp³-hybridized carbons (Fsp3) is 0.133. The molecule has 0 atom stereocenters. The SMILES string of the molecule is CS(=O)(=O)Nc1cccc(C(=O)NCc2ccc(Cl)cc2Cl)c1. The molecule has 23 heavy (non-hydrogen) atoms. The van der Waals surface area contributed by atoms with Gasteiger partial charge in [0.25, 0.3) is 5.91 Å². The first kappa shape index (κ1) is 17.6. The van der Waals surface area contributed by atoms with Crippen LogP contribution in [-0.4, -0.2) is 20.6 Å². The molecule has 0 aliphatic rings. The van der Waals surface area contributed by atoms with Gasteiger partial charge in [-0.1, -0.05) is 35.3 Å². The Morgan fingerprint density at radius 2 is 1.87 bits per heavy atom. The lowest BCUT2D eigenvalue weighted by atomic mass is 10.1. The predicted octanol–water partition coefficient (Wildman–Crippen LogP) is 3.29. The summed E-state index contributed by atoms with van der Waals surface area (Å²) in [7, 11) is -3.40. The molecule has 0 radical (unpaired) electrons. The Morgan fingerprint density at radius 3 is 2.52 bits per heavy atom. The van der Waals surface area contributed by atoms with E-state index in [9.17, 15) is 13.2 Å². The number of halogens is 2. The Hall–Kier alpha value is -1.76. The van der Waals surface area contributed by atoms with Crippen LogP contribution < -0.4 is 10.0 Å². The van der Waals surface area contributed by atoms with Crippen LogP contribution >= 0.6 is 23.2 Å². The van der Waals surface area contributed by atoms with Gasteiger partial charge in [0.15, 0.2) is 0 Å². The molecule has 0 unspecified atom stereocenters. The number of hydrogen-bond acceptors (Lipinski definition) is 3. The van der Waals surface area contributed by atoms with Crippen molar-refractivity contribution in [2.75, 3.05) is 11.0 Å². The molecule has 2 N–H and O–H groups in total. The third-order valence-corrected chi connectivity index (χ3v) is 4.08. The van der Waals surface area contributed by atoms with E-state index < -0.39 is 10.0 Å². The fourth-order valence-corrected chi connectivity index (χ4v) is 2.91. The lowest BCUT2D eigenvalue weighted by Gasteiger charge is -2.09. The molecule has 2 aromatic carbocycles. The zero-order valence-electron chi connectivity index (χ0n) is 12.1. The van der Waals surface area contributed by atoms with Crippen LogP contribution in [0.5, 0.6) is 0 Å². The van der Waals surface area contributed by atoms with E-state index in [1.807, 2.05) is 0 Å². The number of sulfonamides is 1. The van der Waals surface area contributed by atoms with Gasteiger partial charge in [-0.3, -0.25) is 9.52 Å². The molecule has 0 spiro atoms. The molecule has 8 heteroatoms. The predicted molar refractivity (Wildman–Crippen MR) is 92.5 cm³/mol. The van der Waals surface area contributed by atoms with E-state index >= 15 is 0 Å². The van der Waals surface area contributed by atoms with Crippen LogP contribution in [-0.2, 0) is 16.6 Å². The van der Waals surface area contributed by atoms with Crippen molar-refractivity contribution in [2.45, 2.75) is 6.54 Å². The van der Waals surface area contributed by atoms with Crippen LogP contribution in [0, 0.1) is 0 Å². The minimum atomic E-state index is -3.40. The first-order valence-electron chi connectivity index (χ1n) is 6.54. The second kappa shape index (κ2) is 7.21. The molecule has 0 saturated heterocycles. The van der Waals surface area contributed by atoms with Crippen molar-refractivity contribution >= 4 is 44.8 Å². The Balaban J connectivity index is 2.07. The van der Waals surface area contributed by atoms with Gasteiger partial charge in [-0.15, -0.1) is 0 Å². The highest BCUT2D eigenvalue weighted by Gasteiger charge is 2.09. The van der Waals surface area contributed by atoms with Crippen LogP contribution in [0.25, 0.3) is 0 Å². The molecule has 122 valence electrons. The summed E-state index contributed by atoms with van der Waals surface area (Å²) in [4.78, 5) is 12.2. The summed E-state index contributed by atoms with van der Waals surface area (Å²) in [5.74, 6) is -0.340. The highest BCUT2D eigenvalue weighted by atomic mass is 35.5. The number of nitrogens with one attached hydrogen (secondary N) is 2. The third kappa shape index (κ3) is 5.42. The lowest BCUT2D eigenvalue weighted by Crippen LogP contribution is -2.23. The summed E-state index contributed by atoms with van der Waals surface area (Å²) in [6, 6.07) is 11.2. The van der Waals surface area contributed by atoms with Crippen molar-refractivity contribution in [2.24, 2.45) is 0 Å². The molecule has 2 rings (SSSR count). The van der Waals surface area contributed by atoms with Crippen molar-refractivity contribution in [3.05, 3.63) is 63.6 Å². The van der Waals surface area contributed by atoms with Crippen LogP contribution in [0.3, 0.4) is 0 Å². The van der Waals surface area contributed by atoms with Crippen molar-refractivity contribution in [3.63, 3.8) is 0 Å². The van der Waals surface area contributed by atoms with E-state index in [1.165, 1.54) is 6.07 Å². The van der Waals surface area contributed by atoms with Gasteiger partial charge in [-0.2, -0.15) is 0 Å². The average Bonchev–Trinajstić information content (AvgIpc) is 2.44. The zero-order chi connectivity index (χ0) is 17.0. The van der Waals surface area contributed by atoms with Crippen molar-refractivity contribution in [1.82, 2.24) is 5.32 Å². The maximum atomic E-state index is 12.2. The van der Waals surface area contributed by atoms with Gasteiger partial charge in [0.05, 0.1) is 6.26 Å². The van der Waals surface area contributed by atoms with E-state index in [4.69, 9.17) is 23.2 Å². The van der Waals surface area contributed by atoms with Gasteiger partial charge in [0.2, 0.25) is 10.0 Å². The van der Waals surface area contributed by atoms with E-state index in [-0.39, 0.29) is 12.5 Å². The number of carbonyl (C=O) groups is 1. The van der Waals surface area contributed by atoms with Crippen LogP contribution in [0.2, 0.25) is 10.0 Å². The van der Waals surface area contributed by atoms with E-state index in [2.05, 4.69) is 10.0 Å². The molecule has 0 fully saturated rings. The lowest BCUT2D eigenvalue weighted by molar-refractivity contribution is 0.0951. The highest BCUT2D eigenvalue weighted by molar-refractivity contribution is 7.92. The molecular weight excluding hydrogens is 359 g/mol. The molecule has 0 saturated carbocycles. The number of benzene rings is 2. The average molecular weight is 373 g/mol. The molecule has 0 aromatic heterocycles. The second-order valence-electron chi connectivity index (χ2n) is 4.87. The van der Waals surface area contributed by atoms with Crippen LogP contribution in [0.4, 0.5) is 5.69 Å². The molecule has 1 amide bonds. The van der Waals surface area contributed by atoms with Crippen LogP contribution in [0.1, 0.15) is 15.9 Å². The number of rotatable bonds is 5. The summed E-state index contributed by atoms with van der Waals surface area (Å²) in [6.07, 6.45) is 1.04. The quantitative estimate of drug-likeness (QED) is 0.845. The van der Waals surface area contributed by atoms with Crippen LogP contribution in [0.15, 0.2) is 42.5 Å². The standard InChI is InChI=1S/C15H14Cl2N2O3S/c1-23(21,22)19-13-4-2-3-10(7-13)15(20)18-9-11-5-6-12(16)8-14(11)17/h2-8,19H,9H2,1H3,(H,18,20). The summed E-state index contributed by atoms with van der Waals surface area (Å²) in [5, 5.41) is 3.70. The third-order valence-electron chi connectivity index (χ3n) is 2.88. The maximum Gasteiger partial charge on any atom is 0.251 e. The van der Waals surface area contributed by atoms with Gasteiger partial charge in [0, 0.05) is 27.8 Å². The van der Waals surface area contributed by atoms with Gasteiger partial charge < -0.3 is 5.32 Å². The number of anilines is 1. The highest BCUT2D eigenvalue weighted by Crippen LogP contribution is 2.21. The Kier molecular flexibility index (Phi) is 5.51. The first-order chi connectivity index (χ1) is 10.7. The second-order valence-corrected chi connectivity index (χ2v) is 7.47. The summed E-state index contributed by atoms with van der Waals surface area (Å²) < 4.78 is 24.8. The topological polar surface area (TPSA) is 75.3 Å². The van der Waals surface area contributed by atoms with E-state index in [1.54, 1.807) is 36.4 Å². The molecule has 2 aromatic rings. The number of amides is 1. The molecular formula is C15H14Cl2N2O3S. The first-order valence-corrected chi connectivity index (χ1v) is 9.19.